The molecule has 0 aliphatic rings. The molecule has 2 N–H and O–H groups in total. The standard InChI is InChI=1S/C15H19NO3S/c1-20(19)12-4-10-16-15(18)14-8-6-13(7-9-14)5-2-3-11-17/h6-9,17H,3-4,10-12H2,1H3,(H,16,18). The number of aliphatic hydroxyl groups is 1. The smallest absolute Gasteiger partial charge is 0.251 e. The zero-order valence-electron chi connectivity index (χ0n) is 11.5. The Morgan fingerprint density at radius 3 is 2.65 bits per heavy atom. The van der Waals surface area contributed by atoms with E-state index >= 15 is 0 Å². The third kappa shape index (κ3) is 6.50. The van der Waals surface area contributed by atoms with Crippen molar-refractivity contribution in [2.45, 2.75) is 12.8 Å². The van der Waals surface area contributed by atoms with Crippen molar-refractivity contribution in [2.75, 3.05) is 25.2 Å². The van der Waals surface area contributed by atoms with Crippen LogP contribution < -0.4 is 5.32 Å². The summed E-state index contributed by atoms with van der Waals surface area (Å²) >= 11 is 0. The van der Waals surface area contributed by atoms with Crippen LogP contribution in [0.25, 0.3) is 0 Å². The molecule has 20 heavy (non-hydrogen) atoms. The maximum Gasteiger partial charge on any atom is 0.251 e. The summed E-state index contributed by atoms with van der Waals surface area (Å²) in [4.78, 5) is 11.8. The second kappa shape index (κ2) is 9.29. The van der Waals surface area contributed by atoms with E-state index in [4.69, 9.17) is 5.11 Å². The van der Waals surface area contributed by atoms with Crippen molar-refractivity contribution < 1.29 is 14.1 Å². The van der Waals surface area contributed by atoms with Crippen LogP contribution in [0.3, 0.4) is 0 Å². The lowest BCUT2D eigenvalue weighted by molar-refractivity contribution is 0.0953. The van der Waals surface area contributed by atoms with Crippen LogP contribution in [0.1, 0.15) is 28.8 Å². The molecule has 1 unspecified atom stereocenters. The van der Waals surface area contributed by atoms with Crippen molar-refractivity contribution in [3.63, 3.8) is 0 Å². The van der Waals surface area contributed by atoms with Crippen LogP contribution in [0.4, 0.5) is 0 Å². The van der Waals surface area contributed by atoms with Gasteiger partial charge in [-0.3, -0.25) is 9.00 Å². The quantitative estimate of drug-likeness (QED) is 0.605. The van der Waals surface area contributed by atoms with Gasteiger partial charge in [-0.25, -0.2) is 0 Å². The summed E-state index contributed by atoms with van der Waals surface area (Å²) in [5.74, 6) is 6.18. The first-order valence-electron chi connectivity index (χ1n) is 6.41. The molecule has 0 aliphatic heterocycles. The minimum Gasteiger partial charge on any atom is -0.395 e. The number of carbonyl (C=O) groups excluding carboxylic acids is 1. The molecule has 0 saturated heterocycles. The van der Waals surface area contributed by atoms with E-state index in [-0.39, 0.29) is 12.5 Å². The number of carbonyl (C=O) groups is 1. The average molecular weight is 293 g/mol. The predicted octanol–water partition coefficient (Wildman–Crippen LogP) is 0.919. The lowest BCUT2D eigenvalue weighted by Crippen LogP contribution is -2.25. The van der Waals surface area contributed by atoms with Crippen molar-refractivity contribution in [1.82, 2.24) is 5.32 Å². The molecule has 0 aromatic heterocycles. The fourth-order valence-electron chi connectivity index (χ4n) is 1.50. The molecule has 1 amide bonds. The molecule has 108 valence electrons. The van der Waals surface area contributed by atoms with Crippen molar-refractivity contribution in [3.8, 4) is 11.8 Å². The molecule has 0 spiro atoms. The second-order valence-corrected chi connectivity index (χ2v) is 5.79. The van der Waals surface area contributed by atoms with Crippen molar-refractivity contribution in [3.05, 3.63) is 35.4 Å². The summed E-state index contributed by atoms with van der Waals surface area (Å²) in [5, 5.41) is 11.4. The molecule has 0 bridgehead atoms. The predicted molar refractivity (Wildman–Crippen MR) is 80.9 cm³/mol. The first-order chi connectivity index (χ1) is 9.63. The van der Waals surface area contributed by atoms with Gasteiger partial charge in [-0.1, -0.05) is 11.8 Å². The average Bonchev–Trinajstić information content (AvgIpc) is 2.44. The van der Waals surface area contributed by atoms with Gasteiger partial charge in [0.05, 0.1) is 6.61 Å². The molecule has 0 radical (unpaired) electrons. The summed E-state index contributed by atoms with van der Waals surface area (Å²) in [6, 6.07) is 6.99. The zero-order chi connectivity index (χ0) is 14.8. The minimum absolute atomic E-state index is 0.0516. The van der Waals surface area contributed by atoms with Crippen molar-refractivity contribution in [1.29, 1.82) is 0 Å². The van der Waals surface area contributed by atoms with E-state index in [2.05, 4.69) is 17.2 Å². The second-order valence-electron chi connectivity index (χ2n) is 4.24. The molecule has 4 nitrogen and oxygen atoms in total. The zero-order valence-corrected chi connectivity index (χ0v) is 12.3. The van der Waals surface area contributed by atoms with Gasteiger partial charge in [-0.05, 0) is 30.7 Å². The fraction of sp³-hybridized carbons (Fsp3) is 0.400. The van der Waals surface area contributed by atoms with E-state index in [1.165, 1.54) is 0 Å². The third-order valence-electron chi connectivity index (χ3n) is 2.51. The molecule has 0 aliphatic carbocycles. The SMILES string of the molecule is CS(=O)CCCNC(=O)c1ccc(C#CCCO)cc1. The highest BCUT2D eigenvalue weighted by Crippen LogP contribution is 2.03. The topological polar surface area (TPSA) is 66.4 Å². The summed E-state index contributed by atoms with van der Waals surface area (Å²) in [6.07, 6.45) is 2.80. The van der Waals surface area contributed by atoms with E-state index in [0.29, 0.717) is 30.7 Å². The molecule has 1 atom stereocenters. The highest BCUT2D eigenvalue weighted by Gasteiger charge is 2.04. The van der Waals surface area contributed by atoms with Crippen LogP contribution in [0.15, 0.2) is 24.3 Å². The van der Waals surface area contributed by atoms with Gasteiger partial charge < -0.3 is 10.4 Å². The monoisotopic (exact) mass is 293 g/mol. The van der Waals surface area contributed by atoms with Gasteiger partial charge in [0.25, 0.3) is 5.91 Å². The van der Waals surface area contributed by atoms with E-state index in [0.717, 1.165) is 5.56 Å². The molecular weight excluding hydrogens is 274 g/mol. The Balaban J connectivity index is 2.45. The summed E-state index contributed by atoms with van der Waals surface area (Å²) in [5.41, 5.74) is 1.40. The summed E-state index contributed by atoms with van der Waals surface area (Å²) < 4.78 is 10.9. The summed E-state index contributed by atoms with van der Waals surface area (Å²) in [6.45, 7) is 0.576. The maximum absolute atomic E-state index is 11.8. The Morgan fingerprint density at radius 1 is 1.35 bits per heavy atom. The van der Waals surface area contributed by atoms with Gasteiger partial charge in [0.15, 0.2) is 0 Å². The Hall–Kier alpha value is -1.64. The van der Waals surface area contributed by atoms with Crippen LogP contribution in [0.5, 0.6) is 0 Å². The van der Waals surface area contributed by atoms with E-state index < -0.39 is 10.8 Å². The van der Waals surface area contributed by atoms with Gasteiger partial charge in [0.2, 0.25) is 0 Å². The third-order valence-corrected chi connectivity index (χ3v) is 3.37. The first-order valence-corrected chi connectivity index (χ1v) is 8.14. The molecule has 1 rings (SSSR count). The first kappa shape index (κ1) is 16.4. The number of rotatable bonds is 6. The van der Waals surface area contributed by atoms with Gasteiger partial charge in [-0.2, -0.15) is 0 Å². The van der Waals surface area contributed by atoms with Gasteiger partial charge in [0, 0.05) is 46.9 Å². The lowest BCUT2D eigenvalue weighted by atomic mass is 10.1. The molecule has 0 saturated carbocycles. The Labute approximate surface area is 122 Å². The fourth-order valence-corrected chi connectivity index (χ4v) is 2.06. The molecule has 1 aromatic carbocycles. The number of hydrogen-bond donors (Lipinski definition) is 2. The van der Waals surface area contributed by atoms with Crippen LogP contribution >= 0.6 is 0 Å². The van der Waals surface area contributed by atoms with E-state index in [9.17, 15) is 9.00 Å². The molecule has 5 heteroatoms. The van der Waals surface area contributed by atoms with E-state index in [1.54, 1.807) is 30.5 Å². The normalized spacial score (nSPS) is 11.3. The number of hydrogen-bond acceptors (Lipinski definition) is 3. The number of nitrogens with one attached hydrogen (secondary N) is 1. The van der Waals surface area contributed by atoms with Crippen molar-refractivity contribution in [2.24, 2.45) is 0 Å². The van der Waals surface area contributed by atoms with Gasteiger partial charge in [0.1, 0.15) is 0 Å². The van der Waals surface area contributed by atoms with Gasteiger partial charge in [-0.15, -0.1) is 0 Å². The van der Waals surface area contributed by atoms with Crippen LogP contribution in [0, 0.1) is 11.8 Å². The molecule has 0 heterocycles. The largest absolute Gasteiger partial charge is 0.395 e. The van der Waals surface area contributed by atoms with Gasteiger partial charge >= 0.3 is 0 Å². The number of amides is 1. The minimum atomic E-state index is -0.816. The van der Waals surface area contributed by atoms with Crippen LogP contribution in [0.2, 0.25) is 0 Å². The Kier molecular flexibility index (Phi) is 7.63. The molecule has 0 fully saturated rings. The number of benzene rings is 1. The van der Waals surface area contributed by atoms with E-state index in [1.807, 2.05) is 0 Å². The number of aliphatic hydroxyl groups excluding tert-OH is 1. The van der Waals surface area contributed by atoms with Crippen LogP contribution in [-0.4, -0.2) is 40.4 Å². The molecule has 1 aromatic rings. The highest BCUT2D eigenvalue weighted by molar-refractivity contribution is 7.84. The van der Waals surface area contributed by atoms with Crippen LogP contribution in [-0.2, 0) is 10.8 Å². The Bertz CT molecular complexity index is 514. The lowest BCUT2D eigenvalue weighted by Gasteiger charge is -2.04. The molecular formula is C15H19NO3S. The maximum atomic E-state index is 11.8. The van der Waals surface area contributed by atoms with Crippen molar-refractivity contribution >= 4 is 16.7 Å². The Morgan fingerprint density at radius 2 is 2.05 bits per heavy atom. The highest BCUT2D eigenvalue weighted by atomic mass is 32.2. The summed E-state index contributed by atoms with van der Waals surface area (Å²) in [7, 11) is -0.816.